The normalized spacial score (nSPS) is 10.0. The highest BCUT2D eigenvalue weighted by Crippen LogP contribution is 2.23. The molecule has 0 spiro atoms. The second kappa shape index (κ2) is 6.74. The number of rotatable bonds is 5. The maximum absolute atomic E-state index is 13.4. The minimum atomic E-state index is -0.445. The molecule has 2 aromatic rings. The standard InChI is InChI=1S/C16H18FN3O/c1-20(2)15-10-6-5-9-14(15)18-11-16(21)19-13-8-4-3-7-12(13)17/h3-10,18H,11H2,1-2H3,(H,19,21). The van der Waals surface area contributed by atoms with Gasteiger partial charge in [0.15, 0.2) is 0 Å². The summed E-state index contributed by atoms with van der Waals surface area (Å²) in [5.74, 6) is -0.742. The van der Waals surface area contributed by atoms with Gasteiger partial charge in [-0.15, -0.1) is 0 Å². The Hall–Kier alpha value is -2.56. The Kier molecular flexibility index (Phi) is 4.77. The van der Waals surface area contributed by atoms with Crippen molar-refractivity contribution in [3.63, 3.8) is 0 Å². The molecule has 0 fully saturated rings. The van der Waals surface area contributed by atoms with Crippen molar-refractivity contribution in [2.75, 3.05) is 36.2 Å². The Morgan fingerprint density at radius 1 is 1.05 bits per heavy atom. The van der Waals surface area contributed by atoms with Gasteiger partial charge in [0, 0.05) is 14.1 Å². The molecule has 0 saturated carbocycles. The van der Waals surface area contributed by atoms with E-state index in [1.165, 1.54) is 12.1 Å². The molecule has 21 heavy (non-hydrogen) atoms. The van der Waals surface area contributed by atoms with Gasteiger partial charge in [-0.05, 0) is 24.3 Å². The summed E-state index contributed by atoms with van der Waals surface area (Å²) < 4.78 is 13.4. The van der Waals surface area contributed by atoms with Crippen molar-refractivity contribution in [3.8, 4) is 0 Å². The fraction of sp³-hybridized carbons (Fsp3) is 0.188. The number of para-hydroxylation sites is 3. The first-order valence-corrected chi connectivity index (χ1v) is 6.62. The van der Waals surface area contributed by atoms with Crippen molar-refractivity contribution in [2.24, 2.45) is 0 Å². The van der Waals surface area contributed by atoms with Gasteiger partial charge < -0.3 is 15.5 Å². The van der Waals surface area contributed by atoms with Gasteiger partial charge in [-0.1, -0.05) is 24.3 Å². The molecule has 0 aliphatic heterocycles. The number of amides is 1. The third-order valence-corrected chi connectivity index (χ3v) is 2.97. The van der Waals surface area contributed by atoms with Crippen LogP contribution in [0.25, 0.3) is 0 Å². The van der Waals surface area contributed by atoms with Gasteiger partial charge in [-0.2, -0.15) is 0 Å². The van der Waals surface area contributed by atoms with Crippen molar-refractivity contribution in [1.29, 1.82) is 0 Å². The molecule has 0 unspecified atom stereocenters. The van der Waals surface area contributed by atoms with Crippen LogP contribution in [-0.2, 0) is 4.79 Å². The SMILES string of the molecule is CN(C)c1ccccc1NCC(=O)Nc1ccccc1F. The zero-order chi connectivity index (χ0) is 15.2. The van der Waals surface area contributed by atoms with Gasteiger partial charge in [-0.25, -0.2) is 4.39 Å². The van der Waals surface area contributed by atoms with E-state index in [9.17, 15) is 9.18 Å². The van der Waals surface area contributed by atoms with Gasteiger partial charge in [-0.3, -0.25) is 4.79 Å². The molecule has 0 atom stereocenters. The number of hydrogen-bond donors (Lipinski definition) is 2. The first-order valence-electron chi connectivity index (χ1n) is 6.62. The molecule has 110 valence electrons. The zero-order valence-electron chi connectivity index (χ0n) is 12.1. The average molecular weight is 287 g/mol. The van der Waals surface area contributed by atoms with E-state index in [1.54, 1.807) is 12.1 Å². The molecule has 0 aliphatic carbocycles. The molecule has 2 aromatic carbocycles. The zero-order valence-corrected chi connectivity index (χ0v) is 12.1. The summed E-state index contributed by atoms with van der Waals surface area (Å²) in [4.78, 5) is 13.8. The quantitative estimate of drug-likeness (QED) is 0.888. The molecular formula is C16H18FN3O. The highest BCUT2D eigenvalue weighted by atomic mass is 19.1. The van der Waals surface area contributed by atoms with E-state index in [-0.39, 0.29) is 18.1 Å². The van der Waals surface area contributed by atoms with E-state index >= 15 is 0 Å². The lowest BCUT2D eigenvalue weighted by Gasteiger charge is -2.18. The molecule has 2 N–H and O–H groups in total. The Labute approximate surface area is 123 Å². The Bertz CT molecular complexity index is 628. The van der Waals surface area contributed by atoms with Gasteiger partial charge in [0.25, 0.3) is 0 Å². The van der Waals surface area contributed by atoms with Crippen LogP contribution in [0.3, 0.4) is 0 Å². The highest BCUT2D eigenvalue weighted by molar-refractivity contribution is 5.94. The molecule has 0 bridgehead atoms. The monoisotopic (exact) mass is 287 g/mol. The van der Waals surface area contributed by atoms with Crippen LogP contribution in [0.2, 0.25) is 0 Å². The minimum absolute atomic E-state index is 0.0686. The predicted octanol–water partition coefficient (Wildman–Crippen LogP) is 2.94. The second-order valence-corrected chi connectivity index (χ2v) is 4.79. The van der Waals surface area contributed by atoms with Crippen molar-refractivity contribution in [3.05, 3.63) is 54.3 Å². The molecule has 0 aromatic heterocycles. The number of nitrogens with one attached hydrogen (secondary N) is 2. The fourth-order valence-corrected chi connectivity index (χ4v) is 1.95. The molecule has 0 heterocycles. The van der Waals surface area contributed by atoms with Crippen molar-refractivity contribution in [2.45, 2.75) is 0 Å². The Morgan fingerprint density at radius 2 is 1.67 bits per heavy atom. The molecular weight excluding hydrogens is 269 g/mol. The summed E-state index contributed by atoms with van der Waals surface area (Å²) in [5.41, 5.74) is 2.02. The lowest BCUT2D eigenvalue weighted by atomic mass is 10.2. The smallest absolute Gasteiger partial charge is 0.243 e. The van der Waals surface area contributed by atoms with Gasteiger partial charge >= 0.3 is 0 Å². The topological polar surface area (TPSA) is 44.4 Å². The number of nitrogens with zero attached hydrogens (tertiary/aromatic N) is 1. The van der Waals surface area contributed by atoms with E-state index < -0.39 is 5.82 Å². The lowest BCUT2D eigenvalue weighted by molar-refractivity contribution is -0.114. The van der Waals surface area contributed by atoms with Crippen molar-refractivity contribution >= 4 is 23.0 Å². The summed E-state index contributed by atoms with van der Waals surface area (Å²) in [5, 5.41) is 5.60. The van der Waals surface area contributed by atoms with Crippen molar-refractivity contribution in [1.82, 2.24) is 0 Å². The Morgan fingerprint density at radius 3 is 2.33 bits per heavy atom. The molecule has 5 heteroatoms. The average Bonchev–Trinajstić information content (AvgIpc) is 2.48. The number of carbonyl (C=O) groups is 1. The van der Waals surface area contributed by atoms with Crippen LogP contribution >= 0.6 is 0 Å². The molecule has 0 saturated heterocycles. The molecule has 4 nitrogen and oxygen atoms in total. The maximum Gasteiger partial charge on any atom is 0.243 e. The summed E-state index contributed by atoms with van der Waals surface area (Å²) in [6.45, 7) is 0.0686. The summed E-state index contributed by atoms with van der Waals surface area (Å²) in [6, 6.07) is 13.8. The third kappa shape index (κ3) is 3.95. The number of hydrogen-bond acceptors (Lipinski definition) is 3. The highest BCUT2D eigenvalue weighted by Gasteiger charge is 2.08. The third-order valence-electron chi connectivity index (χ3n) is 2.97. The van der Waals surface area contributed by atoms with Crippen LogP contribution in [0.5, 0.6) is 0 Å². The van der Waals surface area contributed by atoms with Crippen LogP contribution in [0.1, 0.15) is 0 Å². The molecule has 0 radical (unpaired) electrons. The van der Waals surface area contributed by atoms with E-state index in [0.717, 1.165) is 11.4 Å². The van der Waals surface area contributed by atoms with Gasteiger partial charge in [0.2, 0.25) is 5.91 Å². The lowest BCUT2D eigenvalue weighted by Crippen LogP contribution is -2.23. The first kappa shape index (κ1) is 14.8. The summed E-state index contributed by atoms with van der Waals surface area (Å²) in [6.07, 6.45) is 0. The number of halogens is 1. The van der Waals surface area contributed by atoms with Crippen LogP contribution in [-0.4, -0.2) is 26.5 Å². The van der Waals surface area contributed by atoms with Crippen molar-refractivity contribution < 1.29 is 9.18 Å². The second-order valence-electron chi connectivity index (χ2n) is 4.79. The number of carbonyl (C=O) groups excluding carboxylic acids is 1. The van der Waals surface area contributed by atoms with Crippen LogP contribution in [0.4, 0.5) is 21.5 Å². The van der Waals surface area contributed by atoms with E-state index in [0.29, 0.717) is 0 Å². The molecule has 0 aliphatic rings. The van der Waals surface area contributed by atoms with Gasteiger partial charge in [0.1, 0.15) is 5.82 Å². The predicted molar refractivity (Wildman–Crippen MR) is 84.3 cm³/mol. The van der Waals surface area contributed by atoms with Gasteiger partial charge in [0.05, 0.1) is 23.6 Å². The van der Waals surface area contributed by atoms with E-state index in [2.05, 4.69) is 10.6 Å². The van der Waals surface area contributed by atoms with Crippen LogP contribution in [0, 0.1) is 5.82 Å². The summed E-state index contributed by atoms with van der Waals surface area (Å²) in [7, 11) is 3.86. The van der Waals surface area contributed by atoms with E-state index in [1.807, 2.05) is 43.3 Å². The first-order chi connectivity index (χ1) is 10.1. The maximum atomic E-state index is 13.4. The summed E-state index contributed by atoms with van der Waals surface area (Å²) >= 11 is 0. The Balaban J connectivity index is 1.97. The largest absolute Gasteiger partial charge is 0.376 e. The molecule has 2 rings (SSSR count). The van der Waals surface area contributed by atoms with Crippen LogP contribution in [0.15, 0.2) is 48.5 Å². The number of benzene rings is 2. The molecule has 1 amide bonds. The fourth-order valence-electron chi connectivity index (χ4n) is 1.95. The number of anilines is 3. The minimum Gasteiger partial charge on any atom is -0.376 e. The van der Waals surface area contributed by atoms with E-state index in [4.69, 9.17) is 0 Å². The van der Waals surface area contributed by atoms with Crippen LogP contribution < -0.4 is 15.5 Å².